The lowest BCUT2D eigenvalue weighted by molar-refractivity contribution is -0.115. The molecule has 0 fully saturated rings. The van der Waals surface area contributed by atoms with E-state index in [2.05, 4.69) is 37.5 Å². The van der Waals surface area contributed by atoms with Crippen molar-refractivity contribution in [3.8, 4) is 11.1 Å². The molecule has 0 saturated carbocycles. The van der Waals surface area contributed by atoms with Crippen molar-refractivity contribution < 1.29 is 4.79 Å². The lowest BCUT2D eigenvalue weighted by Crippen LogP contribution is -2.23. The Morgan fingerprint density at radius 2 is 2.15 bits per heavy atom. The summed E-state index contributed by atoms with van der Waals surface area (Å²) in [4.78, 5) is 29.5. The minimum atomic E-state index is -0.448. The van der Waals surface area contributed by atoms with Gasteiger partial charge < -0.3 is 5.73 Å². The summed E-state index contributed by atoms with van der Waals surface area (Å²) in [5.74, 6) is -0.374. The second kappa shape index (κ2) is 7.47. The maximum atomic E-state index is 13.1. The smallest absolute Gasteiger partial charge is 0.263 e. The molecule has 0 radical (unpaired) electrons. The predicted octanol–water partition coefficient (Wildman–Crippen LogP) is 3.51. The summed E-state index contributed by atoms with van der Waals surface area (Å²) in [7, 11) is 0. The van der Waals surface area contributed by atoms with Gasteiger partial charge in [0.05, 0.1) is 11.1 Å². The highest BCUT2D eigenvalue weighted by atomic mass is 32.2. The molecular weight excluding hydrogens is 366 g/mol. The first-order valence-corrected chi connectivity index (χ1v) is 9.90. The number of thiophene rings is 1. The minimum absolute atomic E-state index is 0.0739. The van der Waals surface area contributed by atoms with Gasteiger partial charge in [-0.2, -0.15) is 0 Å². The van der Waals surface area contributed by atoms with Crippen LogP contribution < -0.4 is 11.3 Å². The Morgan fingerprint density at radius 1 is 1.38 bits per heavy atom. The van der Waals surface area contributed by atoms with Gasteiger partial charge in [-0.3, -0.25) is 14.2 Å². The average Bonchev–Trinajstić information content (AvgIpc) is 3.02. The van der Waals surface area contributed by atoms with Crippen molar-refractivity contribution in [1.29, 1.82) is 0 Å². The zero-order chi connectivity index (χ0) is 18.8. The van der Waals surface area contributed by atoms with E-state index in [4.69, 9.17) is 5.73 Å². The van der Waals surface area contributed by atoms with Gasteiger partial charge in [-0.05, 0) is 30.5 Å². The van der Waals surface area contributed by atoms with E-state index in [0.29, 0.717) is 21.9 Å². The van der Waals surface area contributed by atoms with Crippen LogP contribution in [-0.2, 0) is 11.3 Å². The van der Waals surface area contributed by atoms with Crippen LogP contribution in [0.3, 0.4) is 0 Å². The molecule has 0 bridgehead atoms. The number of amides is 1. The number of aromatic nitrogens is 2. The first-order valence-electron chi connectivity index (χ1n) is 8.04. The number of rotatable bonds is 6. The fourth-order valence-corrected chi connectivity index (χ4v) is 4.40. The fraction of sp³-hybridized carbons (Fsp3) is 0.211. The zero-order valence-electron chi connectivity index (χ0n) is 14.6. The van der Waals surface area contributed by atoms with Gasteiger partial charge >= 0.3 is 0 Å². The molecule has 0 aliphatic heterocycles. The van der Waals surface area contributed by atoms with Crippen LogP contribution in [0.2, 0.25) is 0 Å². The van der Waals surface area contributed by atoms with Crippen LogP contribution in [0.15, 0.2) is 46.2 Å². The fourth-order valence-electron chi connectivity index (χ4n) is 2.66. The molecular formula is C19H19N3O2S2. The lowest BCUT2D eigenvalue weighted by atomic mass is 10.0. The molecule has 5 nitrogen and oxygen atoms in total. The van der Waals surface area contributed by atoms with Crippen molar-refractivity contribution in [1.82, 2.24) is 9.55 Å². The number of benzene rings is 1. The second-order valence-corrected chi connectivity index (χ2v) is 7.78. The maximum absolute atomic E-state index is 13.1. The summed E-state index contributed by atoms with van der Waals surface area (Å²) in [5, 5.41) is 3.04. The second-order valence-electron chi connectivity index (χ2n) is 5.98. The molecule has 0 unspecified atom stereocenters. The topological polar surface area (TPSA) is 78.0 Å². The number of primary amides is 1. The summed E-state index contributed by atoms with van der Waals surface area (Å²) < 4.78 is 1.54. The van der Waals surface area contributed by atoms with Crippen molar-refractivity contribution in [3.05, 3.63) is 57.7 Å². The van der Waals surface area contributed by atoms with Crippen LogP contribution in [0.25, 0.3) is 21.3 Å². The molecule has 134 valence electrons. The van der Waals surface area contributed by atoms with Gasteiger partial charge in [0.15, 0.2) is 5.16 Å². The Hall–Kier alpha value is -2.38. The largest absolute Gasteiger partial charge is 0.369 e. The molecule has 1 aromatic carbocycles. The van der Waals surface area contributed by atoms with Crippen molar-refractivity contribution in [3.63, 3.8) is 0 Å². The van der Waals surface area contributed by atoms with Gasteiger partial charge in [-0.1, -0.05) is 36.0 Å². The average molecular weight is 386 g/mol. The van der Waals surface area contributed by atoms with E-state index in [0.717, 1.165) is 11.1 Å². The molecule has 26 heavy (non-hydrogen) atoms. The van der Waals surface area contributed by atoms with Gasteiger partial charge in [0.2, 0.25) is 5.91 Å². The zero-order valence-corrected chi connectivity index (χ0v) is 16.2. The molecule has 0 atom stereocenters. The molecule has 0 spiro atoms. The van der Waals surface area contributed by atoms with Crippen LogP contribution in [-0.4, -0.2) is 21.2 Å². The first kappa shape index (κ1) is 18.4. The number of allylic oxidation sites excluding steroid dienone is 1. The predicted molar refractivity (Wildman–Crippen MR) is 109 cm³/mol. The summed E-state index contributed by atoms with van der Waals surface area (Å²) in [5.41, 5.74) is 9.37. The minimum Gasteiger partial charge on any atom is -0.369 e. The van der Waals surface area contributed by atoms with Gasteiger partial charge in [-0.15, -0.1) is 17.9 Å². The summed E-state index contributed by atoms with van der Waals surface area (Å²) in [6.45, 7) is 8.16. The number of hydrogen-bond donors (Lipinski definition) is 1. The van der Waals surface area contributed by atoms with Crippen LogP contribution in [0.4, 0.5) is 0 Å². The number of aryl methyl sites for hydroxylation is 2. The Morgan fingerprint density at radius 3 is 2.81 bits per heavy atom. The van der Waals surface area contributed by atoms with E-state index in [-0.39, 0.29) is 11.3 Å². The quantitative estimate of drug-likeness (QED) is 0.400. The first-order chi connectivity index (χ1) is 12.4. The highest BCUT2D eigenvalue weighted by Crippen LogP contribution is 2.33. The van der Waals surface area contributed by atoms with Gasteiger partial charge in [0, 0.05) is 17.5 Å². The summed E-state index contributed by atoms with van der Waals surface area (Å²) in [6.07, 6.45) is 1.64. The Bertz CT molecular complexity index is 1070. The van der Waals surface area contributed by atoms with Crippen LogP contribution in [0, 0.1) is 13.8 Å². The molecule has 0 saturated heterocycles. The van der Waals surface area contributed by atoms with Gasteiger partial charge in [-0.25, -0.2) is 4.98 Å². The third-order valence-electron chi connectivity index (χ3n) is 4.13. The molecule has 1 amide bonds. The lowest BCUT2D eigenvalue weighted by Gasteiger charge is -2.10. The van der Waals surface area contributed by atoms with Crippen molar-refractivity contribution in [2.45, 2.75) is 25.5 Å². The van der Waals surface area contributed by atoms with Gasteiger partial charge in [0.1, 0.15) is 4.83 Å². The third kappa shape index (κ3) is 3.45. The molecule has 0 aliphatic carbocycles. The number of hydrogen-bond acceptors (Lipinski definition) is 5. The van der Waals surface area contributed by atoms with Crippen LogP contribution in [0.1, 0.15) is 11.1 Å². The van der Waals surface area contributed by atoms with E-state index in [9.17, 15) is 9.59 Å². The molecule has 3 aromatic rings. The monoisotopic (exact) mass is 385 g/mol. The van der Waals surface area contributed by atoms with Crippen LogP contribution in [0.5, 0.6) is 0 Å². The number of nitrogens with two attached hydrogens (primary N) is 1. The molecule has 2 heterocycles. The van der Waals surface area contributed by atoms with Crippen molar-refractivity contribution in [2.24, 2.45) is 5.73 Å². The number of fused-ring (bicyclic) bond motifs is 1. The van der Waals surface area contributed by atoms with E-state index in [1.54, 1.807) is 10.6 Å². The van der Waals surface area contributed by atoms with Gasteiger partial charge in [0.25, 0.3) is 5.56 Å². The highest BCUT2D eigenvalue weighted by molar-refractivity contribution is 7.99. The van der Waals surface area contributed by atoms with Crippen LogP contribution >= 0.6 is 23.1 Å². The molecule has 2 aromatic heterocycles. The normalized spacial score (nSPS) is 11.0. The number of carbonyl (C=O) groups excluding carboxylic acids is 1. The Kier molecular flexibility index (Phi) is 5.29. The Balaban J connectivity index is 2.21. The maximum Gasteiger partial charge on any atom is 0.263 e. The summed E-state index contributed by atoms with van der Waals surface area (Å²) in [6, 6.07) is 6.17. The molecule has 0 aliphatic rings. The molecule has 3 rings (SSSR count). The van der Waals surface area contributed by atoms with Crippen molar-refractivity contribution in [2.75, 3.05) is 5.75 Å². The van der Waals surface area contributed by atoms with Crippen molar-refractivity contribution >= 4 is 39.2 Å². The molecule has 2 N–H and O–H groups in total. The standard InChI is InChI=1S/C19H19N3O2S2/c1-4-7-22-18(24)16-14(13-6-5-11(2)12(3)8-13)9-25-17(16)21-19(22)26-10-15(20)23/h4-6,8-9H,1,7,10H2,2-3H3,(H2,20,23). The van der Waals surface area contributed by atoms with E-state index >= 15 is 0 Å². The number of carbonyl (C=O) groups is 1. The number of nitrogens with zero attached hydrogens (tertiary/aromatic N) is 2. The summed E-state index contributed by atoms with van der Waals surface area (Å²) >= 11 is 2.60. The SMILES string of the molecule is C=CCn1c(SCC(N)=O)nc2scc(-c3ccc(C)c(C)c3)c2c1=O. The van der Waals surface area contributed by atoms with E-state index in [1.165, 1.54) is 34.2 Å². The van der Waals surface area contributed by atoms with E-state index in [1.807, 2.05) is 11.4 Å². The van der Waals surface area contributed by atoms with E-state index < -0.39 is 5.91 Å². The number of thioether (sulfide) groups is 1. The molecule has 7 heteroatoms. The Labute approximate surface area is 159 Å². The highest BCUT2D eigenvalue weighted by Gasteiger charge is 2.17. The third-order valence-corrected chi connectivity index (χ3v) is 6.00.